The number of nitrogens with one attached hydrogen (secondary N) is 1. The number of nitrogens with zero attached hydrogens (tertiary/aromatic N) is 2. The number of benzene rings is 2. The molecule has 2 aliphatic rings. The van der Waals surface area contributed by atoms with E-state index < -0.39 is 0 Å². The molecule has 2 aromatic carbocycles. The van der Waals surface area contributed by atoms with Crippen molar-refractivity contribution in [3.05, 3.63) is 105 Å². The summed E-state index contributed by atoms with van der Waals surface area (Å²) in [5, 5.41) is 4.82. The summed E-state index contributed by atoms with van der Waals surface area (Å²) in [5.41, 5.74) is 3.56. The van der Waals surface area contributed by atoms with Crippen LogP contribution in [0.2, 0.25) is 0 Å². The maximum Gasteiger partial charge on any atom is 0.273 e. The van der Waals surface area contributed by atoms with Crippen LogP contribution in [0.5, 0.6) is 5.75 Å². The minimum Gasteiger partial charge on any atom is -0.484 e. The number of aromatic nitrogens is 1. The molecule has 1 atom stereocenters. The molecule has 0 radical (unpaired) electrons. The Bertz CT molecular complexity index is 1400. The van der Waals surface area contributed by atoms with Crippen molar-refractivity contribution in [1.29, 1.82) is 0 Å². The van der Waals surface area contributed by atoms with Gasteiger partial charge in [0.25, 0.3) is 11.8 Å². The van der Waals surface area contributed by atoms with Gasteiger partial charge < -0.3 is 19.4 Å². The molecule has 0 bridgehead atoms. The molecule has 1 aliphatic heterocycles. The monoisotopic (exact) mass is 513 g/mol. The Morgan fingerprint density at radius 3 is 2.76 bits per heavy atom. The van der Waals surface area contributed by atoms with Crippen LogP contribution in [0.25, 0.3) is 0 Å². The zero-order chi connectivity index (χ0) is 25.2. The van der Waals surface area contributed by atoms with Crippen LogP contribution in [-0.4, -0.2) is 34.8 Å². The van der Waals surface area contributed by atoms with Gasteiger partial charge in [0, 0.05) is 13.1 Å². The molecule has 0 spiro atoms. The summed E-state index contributed by atoms with van der Waals surface area (Å²) in [6.07, 6.45) is 4.48. The average Bonchev–Trinajstić information content (AvgIpc) is 3.38. The lowest BCUT2D eigenvalue weighted by atomic mass is 9.88. The Kier molecular flexibility index (Phi) is 6.49. The molecule has 1 N–H and O–H groups in total. The largest absolute Gasteiger partial charge is 0.484 e. The molecule has 0 saturated heterocycles. The highest BCUT2D eigenvalue weighted by Crippen LogP contribution is 2.38. The highest BCUT2D eigenvalue weighted by atomic mass is 32.1. The maximum atomic E-state index is 13.4. The Morgan fingerprint density at radius 2 is 1.97 bits per heavy atom. The summed E-state index contributed by atoms with van der Waals surface area (Å²) in [4.78, 5) is 32.7. The standard InChI is InChI=1S/C29H27N3O4S/c33-28(30-16-19-8-9-19)24-17-36-26(31-24)18-35-22-11-10-20-12-13-32(29(34)25-7-4-14-37-25)27(23(20)15-22)21-5-2-1-3-6-21/h1-7,10-11,14-15,17,19,27H,8-9,12-13,16,18H2,(H,30,33). The average molecular weight is 514 g/mol. The lowest BCUT2D eigenvalue weighted by molar-refractivity contribution is 0.0699. The number of thiophene rings is 1. The molecular weight excluding hydrogens is 486 g/mol. The van der Waals surface area contributed by atoms with Crippen LogP contribution in [0, 0.1) is 5.92 Å². The smallest absolute Gasteiger partial charge is 0.273 e. The van der Waals surface area contributed by atoms with Gasteiger partial charge in [-0.25, -0.2) is 4.98 Å². The number of ether oxygens (including phenoxy) is 1. The molecule has 2 amide bonds. The summed E-state index contributed by atoms with van der Waals surface area (Å²) in [6.45, 7) is 1.43. The van der Waals surface area contributed by atoms with Gasteiger partial charge in [-0.2, -0.15) is 0 Å². The van der Waals surface area contributed by atoms with Gasteiger partial charge in [-0.3, -0.25) is 9.59 Å². The zero-order valence-corrected chi connectivity index (χ0v) is 21.1. The quantitative estimate of drug-likeness (QED) is 0.348. The van der Waals surface area contributed by atoms with Crippen molar-refractivity contribution in [3.8, 4) is 5.75 Å². The van der Waals surface area contributed by atoms with Gasteiger partial charge in [-0.15, -0.1) is 11.3 Å². The van der Waals surface area contributed by atoms with E-state index in [1.165, 1.54) is 36.0 Å². The first-order chi connectivity index (χ1) is 18.2. The van der Waals surface area contributed by atoms with E-state index in [-0.39, 0.29) is 30.2 Å². The second kappa shape index (κ2) is 10.2. The molecule has 3 heterocycles. The molecule has 6 rings (SSSR count). The molecule has 1 saturated carbocycles. The summed E-state index contributed by atoms with van der Waals surface area (Å²) < 4.78 is 11.5. The van der Waals surface area contributed by atoms with E-state index in [2.05, 4.69) is 28.5 Å². The van der Waals surface area contributed by atoms with Crippen molar-refractivity contribution < 1.29 is 18.7 Å². The Hall–Kier alpha value is -3.91. The fraction of sp³-hybridized carbons (Fsp3) is 0.276. The Labute approximate surface area is 219 Å². The lowest BCUT2D eigenvalue weighted by Crippen LogP contribution is -2.40. The summed E-state index contributed by atoms with van der Waals surface area (Å²) >= 11 is 1.46. The molecular formula is C29H27N3O4S. The summed E-state index contributed by atoms with van der Waals surface area (Å²) in [7, 11) is 0. The first-order valence-electron chi connectivity index (χ1n) is 12.5. The summed E-state index contributed by atoms with van der Waals surface area (Å²) in [5.74, 6) is 1.40. The third kappa shape index (κ3) is 5.15. The predicted molar refractivity (Wildman–Crippen MR) is 140 cm³/mol. The van der Waals surface area contributed by atoms with Crippen LogP contribution >= 0.6 is 11.3 Å². The van der Waals surface area contributed by atoms with Gasteiger partial charge >= 0.3 is 0 Å². The van der Waals surface area contributed by atoms with Crippen LogP contribution in [0.3, 0.4) is 0 Å². The van der Waals surface area contributed by atoms with Gasteiger partial charge in [0.15, 0.2) is 12.3 Å². The maximum absolute atomic E-state index is 13.4. The van der Waals surface area contributed by atoms with Gasteiger partial charge in [-0.05, 0) is 65.4 Å². The third-order valence-electron chi connectivity index (χ3n) is 6.85. The SMILES string of the molecule is O=C(NCC1CC1)c1coc(COc2ccc3c(c2)C(c2ccccc2)N(C(=O)c2cccs2)CC3)n1. The number of fused-ring (bicyclic) bond motifs is 1. The molecule has 188 valence electrons. The molecule has 7 nitrogen and oxygen atoms in total. The predicted octanol–water partition coefficient (Wildman–Crippen LogP) is 5.24. The van der Waals surface area contributed by atoms with Crippen LogP contribution in [0.15, 0.2) is 76.7 Å². The van der Waals surface area contributed by atoms with Gasteiger partial charge in [-0.1, -0.05) is 42.5 Å². The number of hydrogen-bond acceptors (Lipinski definition) is 6. The highest BCUT2D eigenvalue weighted by molar-refractivity contribution is 7.12. The van der Waals surface area contributed by atoms with Gasteiger partial charge in [0.1, 0.15) is 12.0 Å². The lowest BCUT2D eigenvalue weighted by Gasteiger charge is -2.37. The van der Waals surface area contributed by atoms with E-state index in [9.17, 15) is 9.59 Å². The van der Waals surface area contributed by atoms with E-state index in [1.807, 2.05) is 52.7 Å². The van der Waals surface area contributed by atoms with Crippen molar-refractivity contribution in [2.45, 2.75) is 31.9 Å². The van der Waals surface area contributed by atoms with Crippen LogP contribution in [-0.2, 0) is 13.0 Å². The van der Waals surface area contributed by atoms with Crippen molar-refractivity contribution in [1.82, 2.24) is 15.2 Å². The molecule has 1 fully saturated rings. The van der Waals surface area contributed by atoms with Crippen molar-refractivity contribution >= 4 is 23.2 Å². The van der Waals surface area contributed by atoms with E-state index in [1.54, 1.807) is 0 Å². The Morgan fingerprint density at radius 1 is 1.11 bits per heavy atom. The molecule has 4 aromatic rings. The molecule has 37 heavy (non-hydrogen) atoms. The Balaban J connectivity index is 1.22. The van der Waals surface area contributed by atoms with Crippen LogP contribution in [0.1, 0.15) is 61.6 Å². The number of carbonyl (C=O) groups excluding carboxylic acids is 2. The number of rotatable bonds is 8. The molecule has 1 unspecified atom stereocenters. The second-order valence-corrected chi connectivity index (χ2v) is 10.4. The van der Waals surface area contributed by atoms with Crippen molar-refractivity contribution in [3.63, 3.8) is 0 Å². The second-order valence-electron chi connectivity index (χ2n) is 9.47. The number of hydrogen-bond donors (Lipinski definition) is 1. The third-order valence-corrected chi connectivity index (χ3v) is 7.71. The normalized spacial score (nSPS) is 16.8. The van der Waals surface area contributed by atoms with Crippen LogP contribution in [0.4, 0.5) is 0 Å². The fourth-order valence-electron chi connectivity index (χ4n) is 4.71. The number of carbonyl (C=O) groups is 2. The van der Waals surface area contributed by atoms with E-state index >= 15 is 0 Å². The minimum atomic E-state index is -0.225. The first kappa shape index (κ1) is 23.5. The number of oxazole rings is 1. The topological polar surface area (TPSA) is 84.7 Å². The van der Waals surface area contributed by atoms with Gasteiger partial charge in [0.2, 0.25) is 5.89 Å². The fourth-order valence-corrected chi connectivity index (χ4v) is 5.39. The number of amides is 2. The minimum absolute atomic E-state index is 0.0353. The summed E-state index contributed by atoms with van der Waals surface area (Å²) in [6, 6.07) is 19.7. The highest BCUT2D eigenvalue weighted by Gasteiger charge is 2.33. The molecule has 2 aromatic heterocycles. The van der Waals surface area contributed by atoms with E-state index in [0.29, 0.717) is 30.6 Å². The van der Waals surface area contributed by atoms with Gasteiger partial charge in [0.05, 0.1) is 10.9 Å². The van der Waals surface area contributed by atoms with Crippen molar-refractivity contribution in [2.75, 3.05) is 13.1 Å². The van der Waals surface area contributed by atoms with E-state index in [4.69, 9.17) is 9.15 Å². The molecule has 8 heteroatoms. The first-order valence-corrected chi connectivity index (χ1v) is 13.4. The van der Waals surface area contributed by atoms with Crippen LogP contribution < -0.4 is 10.1 Å². The molecule has 1 aliphatic carbocycles. The van der Waals surface area contributed by atoms with Crippen molar-refractivity contribution in [2.24, 2.45) is 5.92 Å². The zero-order valence-electron chi connectivity index (χ0n) is 20.3. The van der Waals surface area contributed by atoms with E-state index in [0.717, 1.165) is 22.4 Å².